The highest BCUT2D eigenvalue weighted by Gasteiger charge is 2.10. The Balaban J connectivity index is 2.15. The molecule has 2 aromatic rings. The van der Waals surface area contributed by atoms with Gasteiger partial charge in [-0.2, -0.15) is 0 Å². The summed E-state index contributed by atoms with van der Waals surface area (Å²) in [7, 11) is 0. The molecule has 0 aliphatic rings. The number of nitrogens with one attached hydrogen (secondary N) is 1. The lowest BCUT2D eigenvalue weighted by atomic mass is 10.1. The molecular formula is C17H21BrN2O. The first-order valence-electron chi connectivity index (χ1n) is 7.09. The van der Waals surface area contributed by atoms with Gasteiger partial charge in [0.1, 0.15) is 5.75 Å². The molecule has 0 aromatic heterocycles. The molecular weight excluding hydrogens is 328 g/mol. The molecule has 0 heterocycles. The van der Waals surface area contributed by atoms with Crippen LogP contribution in [0.2, 0.25) is 0 Å². The smallest absolute Gasteiger partial charge is 0.119 e. The average molecular weight is 349 g/mol. The molecule has 0 radical (unpaired) electrons. The Morgan fingerprint density at radius 1 is 1.19 bits per heavy atom. The first-order valence-corrected chi connectivity index (χ1v) is 7.88. The van der Waals surface area contributed by atoms with Gasteiger partial charge in [0.05, 0.1) is 12.6 Å². The number of anilines is 1. The second-order valence-electron chi connectivity index (χ2n) is 4.95. The lowest BCUT2D eigenvalue weighted by molar-refractivity contribution is 0.340. The van der Waals surface area contributed by atoms with E-state index in [9.17, 15) is 0 Å². The van der Waals surface area contributed by atoms with Crippen molar-refractivity contribution in [1.29, 1.82) is 0 Å². The van der Waals surface area contributed by atoms with Crippen LogP contribution in [0.25, 0.3) is 0 Å². The number of hydrogen-bond acceptors (Lipinski definition) is 3. The maximum Gasteiger partial charge on any atom is 0.119 e. The van der Waals surface area contributed by atoms with Gasteiger partial charge in [0.15, 0.2) is 0 Å². The summed E-state index contributed by atoms with van der Waals surface area (Å²) < 4.78 is 6.53. The highest BCUT2D eigenvalue weighted by Crippen LogP contribution is 2.24. The van der Waals surface area contributed by atoms with Gasteiger partial charge in [-0.15, -0.1) is 0 Å². The zero-order chi connectivity index (χ0) is 15.2. The second-order valence-corrected chi connectivity index (χ2v) is 5.87. The summed E-state index contributed by atoms with van der Waals surface area (Å²) in [5, 5.41) is 3.48. The van der Waals surface area contributed by atoms with E-state index in [2.05, 4.69) is 58.5 Å². The van der Waals surface area contributed by atoms with E-state index in [0.717, 1.165) is 21.5 Å². The Bertz CT molecular complexity index is 564. The lowest BCUT2D eigenvalue weighted by Gasteiger charge is -2.19. The van der Waals surface area contributed by atoms with Gasteiger partial charge in [-0.05, 0) is 55.3 Å². The summed E-state index contributed by atoms with van der Waals surface area (Å²) in [6.07, 6.45) is 0. The van der Waals surface area contributed by atoms with E-state index in [1.165, 1.54) is 5.56 Å². The van der Waals surface area contributed by atoms with Crippen molar-refractivity contribution in [3.63, 3.8) is 0 Å². The van der Waals surface area contributed by atoms with Crippen molar-refractivity contribution in [1.82, 2.24) is 0 Å². The fourth-order valence-corrected chi connectivity index (χ4v) is 2.87. The molecule has 0 aliphatic carbocycles. The molecule has 3 nitrogen and oxygen atoms in total. The van der Waals surface area contributed by atoms with Crippen LogP contribution in [-0.4, -0.2) is 13.2 Å². The van der Waals surface area contributed by atoms with E-state index < -0.39 is 0 Å². The van der Waals surface area contributed by atoms with E-state index in [4.69, 9.17) is 10.5 Å². The third-order valence-corrected chi connectivity index (χ3v) is 3.67. The molecule has 0 aliphatic heterocycles. The Labute approximate surface area is 134 Å². The van der Waals surface area contributed by atoms with Gasteiger partial charge in [0.25, 0.3) is 0 Å². The van der Waals surface area contributed by atoms with Gasteiger partial charge >= 0.3 is 0 Å². The van der Waals surface area contributed by atoms with Crippen LogP contribution in [0.1, 0.15) is 24.1 Å². The average Bonchev–Trinajstić information content (AvgIpc) is 2.45. The number of aryl methyl sites for hydroxylation is 1. The molecule has 1 unspecified atom stereocenters. The predicted octanol–water partition coefficient (Wildman–Crippen LogP) is 4.27. The van der Waals surface area contributed by atoms with Crippen LogP contribution in [0, 0.1) is 6.92 Å². The summed E-state index contributed by atoms with van der Waals surface area (Å²) >= 11 is 3.52. The minimum absolute atomic E-state index is 0.0781. The van der Waals surface area contributed by atoms with Gasteiger partial charge in [-0.3, -0.25) is 0 Å². The zero-order valence-electron chi connectivity index (χ0n) is 12.4. The highest BCUT2D eigenvalue weighted by molar-refractivity contribution is 9.10. The summed E-state index contributed by atoms with van der Waals surface area (Å²) in [5.41, 5.74) is 9.34. The summed E-state index contributed by atoms with van der Waals surface area (Å²) in [4.78, 5) is 0. The highest BCUT2D eigenvalue weighted by atomic mass is 79.9. The minimum Gasteiger partial charge on any atom is -0.494 e. The van der Waals surface area contributed by atoms with Gasteiger partial charge < -0.3 is 15.8 Å². The van der Waals surface area contributed by atoms with Crippen molar-refractivity contribution in [2.45, 2.75) is 19.9 Å². The Morgan fingerprint density at radius 2 is 1.90 bits per heavy atom. The van der Waals surface area contributed by atoms with E-state index in [1.807, 2.05) is 19.1 Å². The van der Waals surface area contributed by atoms with E-state index in [0.29, 0.717) is 13.2 Å². The fourth-order valence-electron chi connectivity index (χ4n) is 2.26. The molecule has 2 aromatic carbocycles. The van der Waals surface area contributed by atoms with Gasteiger partial charge in [-0.25, -0.2) is 0 Å². The fraction of sp³-hybridized carbons (Fsp3) is 0.294. The number of hydrogen-bond donors (Lipinski definition) is 2. The number of halogens is 1. The van der Waals surface area contributed by atoms with Crippen molar-refractivity contribution < 1.29 is 4.74 Å². The number of benzene rings is 2. The molecule has 21 heavy (non-hydrogen) atoms. The molecule has 0 bridgehead atoms. The Kier molecular flexibility index (Phi) is 5.65. The monoisotopic (exact) mass is 348 g/mol. The molecule has 4 heteroatoms. The standard InChI is InChI=1S/C17H21BrN2O/c1-3-21-16-6-4-13(5-7-16)17(11-19)20-15-9-12(2)8-14(18)10-15/h4-10,17,20H,3,11,19H2,1-2H3. The molecule has 0 saturated heterocycles. The molecule has 2 rings (SSSR count). The Hall–Kier alpha value is -1.52. The van der Waals surface area contributed by atoms with Crippen LogP contribution >= 0.6 is 15.9 Å². The van der Waals surface area contributed by atoms with Crippen molar-refractivity contribution >= 4 is 21.6 Å². The molecule has 0 spiro atoms. The summed E-state index contributed by atoms with van der Waals surface area (Å²) in [6.45, 7) is 5.26. The molecule has 1 atom stereocenters. The maximum atomic E-state index is 5.92. The third kappa shape index (κ3) is 4.48. The van der Waals surface area contributed by atoms with E-state index >= 15 is 0 Å². The van der Waals surface area contributed by atoms with E-state index in [1.54, 1.807) is 0 Å². The SMILES string of the molecule is CCOc1ccc(C(CN)Nc2cc(C)cc(Br)c2)cc1. The van der Waals surface area contributed by atoms with Crippen LogP contribution < -0.4 is 15.8 Å². The normalized spacial score (nSPS) is 12.0. The number of ether oxygens (including phenoxy) is 1. The largest absolute Gasteiger partial charge is 0.494 e. The van der Waals surface area contributed by atoms with Crippen molar-refractivity contribution in [2.75, 3.05) is 18.5 Å². The zero-order valence-corrected chi connectivity index (χ0v) is 14.0. The summed E-state index contributed by atoms with van der Waals surface area (Å²) in [6, 6.07) is 14.4. The maximum absolute atomic E-state index is 5.92. The van der Waals surface area contributed by atoms with Crippen LogP contribution in [-0.2, 0) is 0 Å². The van der Waals surface area contributed by atoms with Gasteiger partial charge in [0, 0.05) is 16.7 Å². The molecule has 0 saturated carbocycles. The predicted molar refractivity (Wildman–Crippen MR) is 91.9 cm³/mol. The molecule has 3 N–H and O–H groups in total. The van der Waals surface area contributed by atoms with Crippen LogP contribution in [0.4, 0.5) is 5.69 Å². The lowest BCUT2D eigenvalue weighted by Crippen LogP contribution is -2.20. The molecule has 0 amide bonds. The van der Waals surface area contributed by atoms with E-state index in [-0.39, 0.29) is 6.04 Å². The third-order valence-electron chi connectivity index (χ3n) is 3.21. The van der Waals surface area contributed by atoms with Crippen molar-refractivity contribution in [3.8, 4) is 5.75 Å². The summed E-state index contributed by atoms with van der Waals surface area (Å²) in [5.74, 6) is 0.885. The number of nitrogens with two attached hydrogens (primary N) is 1. The first-order chi connectivity index (χ1) is 10.1. The minimum atomic E-state index is 0.0781. The van der Waals surface area contributed by atoms with Crippen LogP contribution in [0.15, 0.2) is 46.9 Å². The molecule has 0 fully saturated rings. The number of rotatable bonds is 6. The molecule has 112 valence electrons. The topological polar surface area (TPSA) is 47.3 Å². The van der Waals surface area contributed by atoms with Crippen molar-refractivity contribution in [2.24, 2.45) is 5.73 Å². The van der Waals surface area contributed by atoms with Crippen LogP contribution in [0.5, 0.6) is 5.75 Å². The quantitative estimate of drug-likeness (QED) is 0.819. The van der Waals surface area contributed by atoms with Crippen molar-refractivity contribution in [3.05, 3.63) is 58.1 Å². The Morgan fingerprint density at radius 3 is 2.48 bits per heavy atom. The van der Waals surface area contributed by atoms with Gasteiger partial charge in [0.2, 0.25) is 0 Å². The van der Waals surface area contributed by atoms with Crippen LogP contribution in [0.3, 0.4) is 0 Å². The first kappa shape index (κ1) is 15.9. The second kappa shape index (κ2) is 7.48. The van der Waals surface area contributed by atoms with Gasteiger partial charge in [-0.1, -0.05) is 28.1 Å².